The molecule has 4 rings (SSSR count). The number of benzene rings is 3. The molecule has 0 saturated carbocycles. The highest BCUT2D eigenvalue weighted by Gasteiger charge is 2.49. The molecule has 0 spiro atoms. The molecule has 1 aliphatic heterocycles. The van der Waals surface area contributed by atoms with E-state index in [1.165, 1.54) is 26.4 Å². The van der Waals surface area contributed by atoms with Crippen molar-refractivity contribution in [1.82, 2.24) is 0 Å². The van der Waals surface area contributed by atoms with Gasteiger partial charge in [0.1, 0.15) is 11.5 Å². The van der Waals surface area contributed by atoms with E-state index < -0.39 is 15.6 Å². The van der Waals surface area contributed by atoms with Crippen LogP contribution in [-0.4, -0.2) is 28.5 Å². The van der Waals surface area contributed by atoms with E-state index in [2.05, 4.69) is 4.40 Å². The second-order valence-electron chi connectivity index (χ2n) is 6.87. The van der Waals surface area contributed by atoms with Crippen LogP contribution >= 0.6 is 0 Å². The lowest BCUT2D eigenvalue weighted by Crippen LogP contribution is -2.42. The zero-order valence-electron chi connectivity index (χ0n) is 16.8. The van der Waals surface area contributed by atoms with Crippen molar-refractivity contribution in [2.75, 3.05) is 14.2 Å². The van der Waals surface area contributed by atoms with Gasteiger partial charge in [0.15, 0.2) is 0 Å². The SMILES string of the molecule is CO/C(=N/S(=O)(=O)c1ccc(C)cc1)C1(OC)c2ccccc2Oc2ccccc21. The van der Waals surface area contributed by atoms with Crippen molar-refractivity contribution in [3.05, 3.63) is 89.5 Å². The maximum atomic E-state index is 13.1. The zero-order chi connectivity index (χ0) is 21.4. The average molecular weight is 423 g/mol. The van der Waals surface area contributed by atoms with Crippen LogP contribution in [0.4, 0.5) is 0 Å². The Morgan fingerprint density at radius 1 is 0.867 bits per heavy atom. The summed E-state index contributed by atoms with van der Waals surface area (Å²) < 4.78 is 47.8. The summed E-state index contributed by atoms with van der Waals surface area (Å²) in [7, 11) is -1.18. The van der Waals surface area contributed by atoms with Gasteiger partial charge in [0.05, 0.1) is 12.0 Å². The van der Waals surface area contributed by atoms with Crippen LogP contribution in [0.25, 0.3) is 0 Å². The molecule has 6 nitrogen and oxygen atoms in total. The van der Waals surface area contributed by atoms with Gasteiger partial charge >= 0.3 is 0 Å². The molecular weight excluding hydrogens is 402 g/mol. The monoisotopic (exact) mass is 423 g/mol. The maximum absolute atomic E-state index is 13.1. The third kappa shape index (κ3) is 3.16. The first kappa shape index (κ1) is 20.1. The molecule has 0 atom stereocenters. The number of sulfonamides is 1. The van der Waals surface area contributed by atoms with E-state index in [0.29, 0.717) is 22.6 Å². The zero-order valence-corrected chi connectivity index (χ0v) is 17.6. The Bertz CT molecular complexity index is 1170. The topological polar surface area (TPSA) is 74.2 Å². The summed E-state index contributed by atoms with van der Waals surface area (Å²) in [5.41, 5.74) is 0.764. The Kier molecular flexibility index (Phi) is 5.09. The Morgan fingerprint density at radius 2 is 1.40 bits per heavy atom. The number of rotatable bonds is 4. The van der Waals surface area contributed by atoms with Crippen molar-refractivity contribution in [2.24, 2.45) is 4.40 Å². The van der Waals surface area contributed by atoms with E-state index in [0.717, 1.165) is 5.56 Å². The fourth-order valence-electron chi connectivity index (χ4n) is 3.61. The molecule has 154 valence electrons. The van der Waals surface area contributed by atoms with Crippen molar-refractivity contribution < 1.29 is 22.6 Å². The molecule has 0 radical (unpaired) electrons. The number of aryl methyl sites for hydroxylation is 1. The summed E-state index contributed by atoms with van der Waals surface area (Å²) in [4.78, 5) is 0.0718. The first-order chi connectivity index (χ1) is 14.4. The smallest absolute Gasteiger partial charge is 0.285 e. The number of hydrogen-bond donors (Lipinski definition) is 0. The average Bonchev–Trinajstić information content (AvgIpc) is 2.76. The lowest BCUT2D eigenvalue weighted by Gasteiger charge is -2.38. The molecule has 1 aliphatic rings. The summed E-state index contributed by atoms with van der Waals surface area (Å²) in [6.07, 6.45) is 0. The van der Waals surface area contributed by atoms with E-state index in [-0.39, 0.29) is 10.8 Å². The molecule has 0 bridgehead atoms. The molecule has 0 saturated heterocycles. The molecule has 0 aliphatic carbocycles. The number of para-hydroxylation sites is 2. The van der Waals surface area contributed by atoms with E-state index in [1.54, 1.807) is 24.3 Å². The van der Waals surface area contributed by atoms with Gasteiger partial charge in [-0.25, -0.2) is 0 Å². The molecule has 30 heavy (non-hydrogen) atoms. The summed E-state index contributed by atoms with van der Waals surface area (Å²) in [6.45, 7) is 1.88. The molecule has 3 aromatic rings. The van der Waals surface area contributed by atoms with Gasteiger partial charge in [-0.05, 0) is 31.2 Å². The molecule has 3 aromatic carbocycles. The fraction of sp³-hybridized carbons (Fsp3) is 0.174. The van der Waals surface area contributed by atoms with Crippen LogP contribution in [0.15, 0.2) is 82.1 Å². The van der Waals surface area contributed by atoms with Gasteiger partial charge in [-0.15, -0.1) is 4.40 Å². The molecule has 7 heteroatoms. The van der Waals surface area contributed by atoms with Crippen LogP contribution in [0.3, 0.4) is 0 Å². The van der Waals surface area contributed by atoms with Gasteiger partial charge in [0.2, 0.25) is 11.5 Å². The Morgan fingerprint density at radius 3 is 1.90 bits per heavy atom. The predicted molar refractivity (Wildman–Crippen MR) is 114 cm³/mol. The lowest BCUT2D eigenvalue weighted by molar-refractivity contribution is 0.0546. The number of methoxy groups -OCH3 is 2. The highest BCUT2D eigenvalue weighted by Crippen LogP contribution is 2.49. The molecule has 1 heterocycles. The molecular formula is C23H21NO5S. The van der Waals surface area contributed by atoms with E-state index in [1.807, 2.05) is 43.3 Å². The van der Waals surface area contributed by atoms with E-state index in [9.17, 15) is 8.42 Å². The van der Waals surface area contributed by atoms with Crippen molar-refractivity contribution in [3.63, 3.8) is 0 Å². The van der Waals surface area contributed by atoms with Crippen LogP contribution < -0.4 is 4.74 Å². The third-order valence-electron chi connectivity index (χ3n) is 5.08. The second kappa shape index (κ2) is 7.59. The summed E-state index contributed by atoms with van der Waals surface area (Å²) in [5.74, 6) is 0.972. The van der Waals surface area contributed by atoms with Gasteiger partial charge in [0, 0.05) is 18.2 Å². The summed E-state index contributed by atoms with van der Waals surface area (Å²) in [6, 6.07) is 21.0. The lowest BCUT2D eigenvalue weighted by atomic mass is 9.82. The molecule has 0 aromatic heterocycles. The van der Waals surface area contributed by atoms with Gasteiger partial charge in [0.25, 0.3) is 10.0 Å². The standard InChI is InChI=1S/C23H21NO5S/c1-16-12-14-17(15-13-16)30(25,26)24-22(27-2)23(28-3)18-8-4-6-10-20(18)29-21-11-7-5-9-19(21)23/h4-15H,1-3H3/b24-22+. The van der Waals surface area contributed by atoms with Crippen LogP contribution in [0.1, 0.15) is 16.7 Å². The summed E-state index contributed by atoms with van der Waals surface area (Å²) in [5, 5.41) is 0. The predicted octanol–water partition coefficient (Wildman–Crippen LogP) is 4.42. The number of nitrogens with zero attached hydrogens (tertiary/aromatic N) is 1. The minimum atomic E-state index is -4.05. The van der Waals surface area contributed by atoms with E-state index >= 15 is 0 Å². The Balaban J connectivity index is 1.98. The number of ether oxygens (including phenoxy) is 3. The van der Waals surface area contributed by atoms with Crippen molar-refractivity contribution in [1.29, 1.82) is 0 Å². The van der Waals surface area contributed by atoms with Crippen LogP contribution in [0.2, 0.25) is 0 Å². The molecule has 0 amide bonds. The minimum Gasteiger partial charge on any atom is -0.481 e. The van der Waals surface area contributed by atoms with Gasteiger partial charge < -0.3 is 14.2 Å². The van der Waals surface area contributed by atoms with Gasteiger partial charge in [-0.1, -0.05) is 54.1 Å². The minimum absolute atomic E-state index is 0.0718. The first-order valence-corrected chi connectivity index (χ1v) is 10.7. The van der Waals surface area contributed by atoms with Gasteiger partial charge in [-0.3, -0.25) is 0 Å². The largest absolute Gasteiger partial charge is 0.481 e. The fourth-order valence-corrected chi connectivity index (χ4v) is 4.62. The van der Waals surface area contributed by atoms with Crippen molar-refractivity contribution >= 4 is 15.9 Å². The van der Waals surface area contributed by atoms with Crippen LogP contribution in [0.5, 0.6) is 11.5 Å². The maximum Gasteiger partial charge on any atom is 0.285 e. The van der Waals surface area contributed by atoms with Crippen molar-refractivity contribution in [3.8, 4) is 11.5 Å². The molecule has 0 fully saturated rings. The molecule has 0 N–H and O–H groups in total. The first-order valence-electron chi connectivity index (χ1n) is 9.30. The van der Waals surface area contributed by atoms with Crippen LogP contribution in [-0.2, 0) is 25.1 Å². The highest BCUT2D eigenvalue weighted by molar-refractivity contribution is 7.90. The quantitative estimate of drug-likeness (QED) is 0.459. The Hall–Kier alpha value is -3.16. The van der Waals surface area contributed by atoms with Crippen molar-refractivity contribution in [2.45, 2.75) is 17.4 Å². The molecule has 0 unspecified atom stereocenters. The highest BCUT2D eigenvalue weighted by atomic mass is 32.2. The summed E-state index contributed by atoms with van der Waals surface area (Å²) >= 11 is 0. The Labute approximate surface area is 175 Å². The second-order valence-corrected chi connectivity index (χ2v) is 8.47. The number of fused-ring (bicyclic) bond motifs is 2. The normalized spacial score (nSPS) is 15.0. The van der Waals surface area contributed by atoms with E-state index in [4.69, 9.17) is 14.2 Å². The van der Waals surface area contributed by atoms with Crippen LogP contribution in [0, 0.1) is 6.92 Å². The third-order valence-corrected chi connectivity index (χ3v) is 6.35. The van der Waals surface area contributed by atoms with Gasteiger partial charge in [-0.2, -0.15) is 8.42 Å². The number of hydrogen-bond acceptors (Lipinski definition) is 5.